The molecule has 35 heavy (non-hydrogen) atoms. The zero-order chi connectivity index (χ0) is 24.7. The van der Waals surface area contributed by atoms with Gasteiger partial charge in [-0.3, -0.25) is 14.5 Å². The molecule has 9 heteroatoms. The third-order valence-electron chi connectivity index (χ3n) is 5.72. The first kappa shape index (κ1) is 22.5. The SMILES string of the molecule is C=CCOC(=O)c1sc(N2C(=O)c3oc4ccccc4c(=O)c3C2c2ccc(OC)cc2)nc1C. The zero-order valence-corrected chi connectivity index (χ0v) is 19.8. The van der Waals surface area contributed by atoms with Gasteiger partial charge in [-0.25, -0.2) is 9.78 Å². The van der Waals surface area contributed by atoms with Crippen molar-refractivity contribution in [1.82, 2.24) is 4.98 Å². The molecule has 0 spiro atoms. The number of fused-ring (bicyclic) bond motifs is 2. The highest BCUT2D eigenvalue weighted by Gasteiger charge is 2.45. The summed E-state index contributed by atoms with van der Waals surface area (Å²) in [5.74, 6) is -0.481. The molecule has 3 heterocycles. The number of hydrogen-bond donors (Lipinski definition) is 0. The lowest BCUT2D eigenvalue weighted by molar-refractivity contribution is 0.0554. The van der Waals surface area contributed by atoms with E-state index in [0.29, 0.717) is 28.0 Å². The molecule has 1 amide bonds. The quantitative estimate of drug-likeness (QED) is 0.288. The van der Waals surface area contributed by atoms with Crippen LogP contribution in [0.1, 0.15) is 43.1 Å². The molecule has 4 aromatic rings. The van der Waals surface area contributed by atoms with E-state index in [1.165, 1.54) is 11.0 Å². The van der Waals surface area contributed by atoms with Crippen molar-refractivity contribution in [2.75, 3.05) is 18.6 Å². The number of benzene rings is 2. The number of esters is 1. The maximum atomic E-state index is 13.7. The molecule has 1 aliphatic heterocycles. The van der Waals surface area contributed by atoms with Crippen LogP contribution in [0, 0.1) is 6.92 Å². The van der Waals surface area contributed by atoms with Gasteiger partial charge in [0.25, 0.3) is 5.91 Å². The Labute approximate surface area is 204 Å². The molecule has 0 N–H and O–H groups in total. The summed E-state index contributed by atoms with van der Waals surface area (Å²) >= 11 is 1.02. The minimum absolute atomic E-state index is 0.0434. The van der Waals surface area contributed by atoms with Gasteiger partial charge >= 0.3 is 5.97 Å². The van der Waals surface area contributed by atoms with Gasteiger partial charge in [0.15, 0.2) is 10.6 Å². The molecule has 0 bridgehead atoms. The standard InChI is InChI=1S/C26H20N2O6S/c1-4-13-33-25(31)23-14(2)27-26(35-23)28-20(15-9-11-16(32-3)12-10-15)19-21(29)17-7-5-6-8-18(17)34-22(19)24(28)30/h4-12,20H,1,13H2,2-3H3. The second-order valence-corrected chi connectivity index (χ2v) is 8.80. The van der Waals surface area contributed by atoms with Gasteiger partial charge in [0, 0.05) is 0 Å². The van der Waals surface area contributed by atoms with Crippen molar-refractivity contribution in [1.29, 1.82) is 0 Å². The summed E-state index contributed by atoms with van der Waals surface area (Å²) < 4.78 is 16.4. The number of methoxy groups -OCH3 is 1. The summed E-state index contributed by atoms with van der Waals surface area (Å²) in [6.45, 7) is 5.27. The maximum absolute atomic E-state index is 13.7. The van der Waals surface area contributed by atoms with Gasteiger partial charge in [0.1, 0.15) is 22.8 Å². The molecule has 8 nitrogen and oxygen atoms in total. The molecule has 5 rings (SSSR count). The molecule has 2 aromatic carbocycles. The van der Waals surface area contributed by atoms with E-state index >= 15 is 0 Å². The Hall–Kier alpha value is -4.24. The number of rotatable bonds is 6. The third-order valence-corrected chi connectivity index (χ3v) is 6.85. The normalized spacial score (nSPS) is 14.7. The minimum atomic E-state index is -0.799. The summed E-state index contributed by atoms with van der Waals surface area (Å²) in [5, 5.41) is 0.636. The summed E-state index contributed by atoms with van der Waals surface area (Å²) in [6.07, 6.45) is 1.47. The van der Waals surface area contributed by atoms with Gasteiger partial charge in [-0.2, -0.15) is 0 Å². The highest BCUT2D eigenvalue weighted by atomic mass is 32.1. The lowest BCUT2D eigenvalue weighted by Crippen LogP contribution is -2.29. The van der Waals surface area contributed by atoms with Crippen molar-refractivity contribution < 1.29 is 23.5 Å². The van der Waals surface area contributed by atoms with Crippen molar-refractivity contribution in [3.63, 3.8) is 0 Å². The Morgan fingerprint density at radius 2 is 1.94 bits per heavy atom. The molecule has 1 atom stereocenters. The van der Waals surface area contributed by atoms with Crippen molar-refractivity contribution in [3.05, 3.63) is 98.9 Å². The minimum Gasteiger partial charge on any atom is -0.497 e. The van der Waals surface area contributed by atoms with Gasteiger partial charge in [-0.1, -0.05) is 48.3 Å². The number of thiazole rings is 1. The van der Waals surface area contributed by atoms with Crippen LogP contribution >= 0.6 is 11.3 Å². The van der Waals surface area contributed by atoms with Crippen LogP contribution in [0.25, 0.3) is 11.0 Å². The third kappa shape index (κ3) is 3.70. The summed E-state index contributed by atoms with van der Waals surface area (Å²) in [6, 6.07) is 13.1. The van der Waals surface area contributed by atoms with Gasteiger partial charge in [-0.15, -0.1) is 0 Å². The van der Waals surface area contributed by atoms with E-state index in [2.05, 4.69) is 11.6 Å². The van der Waals surface area contributed by atoms with Gasteiger partial charge in [0.05, 0.1) is 29.8 Å². The van der Waals surface area contributed by atoms with Crippen LogP contribution in [0.3, 0.4) is 0 Å². The monoisotopic (exact) mass is 488 g/mol. The van der Waals surface area contributed by atoms with E-state index in [4.69, 9.17) is 13.9 Å². The molecule has 0 saturated heterocycles. The molecule has 0 aliphatic carbocycles. The van der Waals surface area contributed by atoms with E-state index in [9.17, 15) is 14.4 Å². The average Bonchev–Trinajstić information content (AvgIpc) is 3.40. The largest absolute Gasteiger partial charge is 0.497 e. The number of hydrogen-bond acceptors (Lipinski definition) is 8. The number of anilines is 1. The van der Waals surface area contributed by atoms with E-state index < -0.39 is 17.9 Å². The topological polar surface area (TPSA) is 98.9 Å². The fourth-order valence-corrected chi connectivity index (χ4v) is 5.08. The van der Waals surface area contributed by atoms with Crippen LogP contribution in [0.15, 0.2) is 70.4 Å². The zero-order valence-electron chi connectivity index (χ0n) is 18.9. The molecule has 0 saturated carbocycles. The molecule has 0 radical (unpaired) electrons. The van der Waals surface area contributed by atoms with Gasteiger partial charge in [0.2, 0.25) is 5.76 Å². The molecule has 1 unspecified atom stereocenters. The molecule has 1 aliphatic rings. The van der Waals surface area contributed by atoms with Crippen molar-refractivity contribution >= 4 is 39.3 Å². The Morgan fingerprint density at radius 1 is 1.20 bits per heavy atom. The molecular weight excluding hydrogens is 468 g/mol. The highest BCUT2D eigenvalue weighted by molar-refractivity contribution is 7.17. The summed E-state index contributed by atoms with van der Waals surface area (Å²) in [7, 11) is 1.56. The van der Waals surface area contributed by atoms with Crippen LogP contribution < -0.4 is 15.1 Å². The number of amides is 1. The number of aromatic nitrogens is 1. The summed E-state index contributed by atoms with van der Waals surface area (Å²) in [4.78, 5) is 45.9. The Kier molecular flexibility index (Phi) is 5.70. The lowest BCUT2D eigenvalue weighted by atomic mass is 9.98. The van der Waals surface area contributed by atoms with Crippen LogP contribution in [-0.4, -0.2) is 30.6 Å². The van der Waals surface area contributed by atoms with Crippen molar-refractivity contribution in [3.8, 4) is 5.75 Å². The fourth-order valence-electron chi connectivity index (χ4n) is 4.09. The van der Waals surface area contributed by atoms with Crippen molar-refractivity contribution in [2.45, 2.75) is 13.0 Å². The first-order valence-corrected chi connectivity index (χ1v) is 11.5. The average molecular weight is 489 g/mol. The van der Waals surface area contributed by atoms with Crippen LogP contribution in [0.2, 0.25) is 0 Å². The molecular formula is C26H20N2O6S. The van der Waals surface area contributed by atoms with Crippen molar-refractivity contribution in [2.24, 2.45) is 0 Å². The number of ether oxygens (including phenoxy) is 2. The Morgan fingerprint density at radius 3 is 2.66 bits per heavy atom. The number of aryl methyl sites for hydroxylation is 1. The van der Waals surface area contributed by atoms with Crippen LogP contribution in [0.5, 0.6) is 5.75 Å². The number of nitrogens with zero attached hydrogens (tertiary/aromatic N) is 2. The van der Waals surface area contributed by atoms with Crippen LogP contribution in [0.4, 0.5) is 5.13 Å². The first-order chi connectivity index (χ1) is 16.9. The molecule has 0 fully saturated rings. The summed E-state index contributed by atoms with van der Waals surface area (Å²) in [5.41, 5.74) is 1.34. The number of para-hydroxylation sites is 1. The lowest BCUT2D eigenvalue weighted by Gasteiger charge is -2.22. The predicted molar refractivity (Wildman–Crippen MR) is 131 cm³/mol. The number of carbonyl (C=O) groups is 2. The van der Waals surface area contributed by atoms with Crippen LogP contribution in [-0.2, 0) is 4.74 Å². The van der Waals surface area contributed by atoms with E-state index in [1.54, 1.807) is 62.6 Å². The molecule has 176 valence electrons. The van der Waals surface area contributed by atoms with E-state index in [1.807, 2.05) is 0 Å². The number of carbonyl (C=O) groups excluding carboxylic acids is 2. The predicted octanol–water partition coefficient (Wildman–Crippen LogP) is 4.66. The Balaban J connectivity index is 1.70. The Bertz CT molecular complexity index is 1540. The van der Waals surface area contributed by atoms with Gasteiger partial charge < -0.3 is 13.9 Å². The maximum Gasteiger partial charge on any atom is 0.350 e. The highest BCUT2D eigenvalue weighted by Crippen LogP contribution is 2.43. The smallest absolute Gasteiger partial charge is 0.350 e. The van der Waals surface area contributed by atoms with Gasteiger partial charge in [-0.05, 0) is 36.8 Å². The second kappa shape index (κ2) is 8.84. The fraction of sp³-hybridized carbons (Fsp3) is 0.154. The van der Waals surface area contributed by atoms with E-state index in [0.717, 1.165) is 11.3 Å². The van der Waals surface area contributed by atoms with E-state index in [-0.39, 0.29) is 33.4 Å². The molecule has 2 aromatic heterocycles. The second-order valence-electron chi connectivity index (χ2n) is 7.82. The first-order valence-electron chi connectivity index (χ1n) is 10.7.